The van der Waals surface area contributed by atoms with E-state index in [0.29, 0.717) is 18.2 Å². The highest BCUT2D eigenvalue weighted by atomic mass is 16.5. The Bertz CT molecular complexity index is 1180. The molecule has 0 spiro atoms. The van der Waals surface area contributed by atoms with Gasteiger partial charge in [0, 0.05) is 67.9 Å². The summed E-state index contributed by atoms with van der Waals surface area (Å²) in [6.45, 7) is 10.1. The summed E-state index contributed by atoms with van der Waals surface area (Å²) in [5.74, 6) is -0.0908. The van der Waals surface area contributed by atoms with Crippen molar-refractivity contribution in [3.8, 4) is 0 Å². The van der Waals surface area contributed by atoms with Crippen molar-refractivity contribution in [2.75, 3.05) is 49.7 Å². The Hall–Kier alpha value is -3.17. The molecule has 0 aliphatic carbocycles. The van der Waals surface area contributed by atoms with E-state index in [2.05, 4.69) is 34.5 Å². The third-order valence-corrected chi connectivity index (χ3v) is 7.11. The molecule has 2 saturated heterocycles. The van der Waals surface area contributed by atoms with Gasteiger partial charge in [-0.05, 0) is 50.5 Å². The summed E-state index contributed by atoms with van der Waals surface area (Å²) in [6.07, 6.45) is 4.57. The molecular weight excluding hydrogens is 456 g/mol. The number of nitrogens with one attached hydrogen (secondary N) is 2. The van der Waals surface area contributed by atoms with Crippen LogP contribution in [0.4, 0.5) is 11.4 Å². The van der Waals surface area contributed by atoms with Crippen LogP contribution < -0.4 is 15.5 Å². The first-order valence-corrected chi connectivity index (χ1v) is 13.1. The van der Waals surface area contributed by atoms with Gasteiger partial charge in [0.15, 0.2) is 5.65 Å². The second kappa shape index (κ2) is 11.3. The van der Waals surface area contributed by atoms with Crippen LogP contribution in [0, 0.1) is 0 Å². The molecular formula is C27H36N6O3. The summed E-state index contributed by atoms with van der Waals surface area (Å²) >= 11 is 0. The number of rotatable bonds is 8. The van der Waals surface area contributed by atoms with E-state index in [1.807, 2.05) is 35.1 Å². The van der Waals surface area contributed by atoms with Crippen molar-refractivity contribution in [2.24, 2.45) is 0 Å². The van der Waals surface area contributed by atoms with Crippen LogP contribution in [0.15, 0.2) is 30.5 Å². The molecule has 2 aromatic heterocycles. The molecule has 0 unspecified atom stereocenters. The van der Waals surface area contributed by atoms with E-state index in [9.17, 15) is 4.79 Å². The summed E-state index contributed by atoms with van der Waals surface area (Å²) in [5.41, 5.74) is 5.70. The van der Waals surface area contributed by atoms with Gasteiger partial charge in [0.25, 0.3) is 5.91 Å². The Morgan fingerprint density at radius 2 is 1.78 bits per heavy atom. The van der Waals surface area contributed by atoms with Crippen molar-refractivity contribution in [1.82, 2.24) is 20.1 Å². The molecule has 4 heterocycles. The lowest BCUT2D eigenvalue weighted by Crippen LogP contribution is -2.36. The van der Waals surface area contributed by atoms with Crippen molar-refractivity contribution >= 4 is 28.3 Å². The molecule has 2 aliphatic heterocycles. The number of hydrogen-bond acceptors (Lipinski definition) is 7. The van der Waals surface area contributed by atoms with Crippen molar-refractivity contribution in [3.05, 3.63) is 47.3 Å². The standard InChI is InChI=1S/C27H36N6O3/c1-3-24-22(17-28-27(34)19-5-7-21(8-6-19)32-11-15-36-16-12-32)25(30-20-9-13-35-14-10-20)23-18-29-33(4-2)26(23)31-24/h5-8,18,20H,3-4,9-17H2,1-2H3,(H,28,34)(H,30,31). The highest BCUT2D eigenvalue weighted by Crippen LogP contribution is 2.31. The van der Waals surface area contributed by atoms with Gasteiger partial charge < -0.3 is 25.0 Å². The van der Waals surface area contributed by atoms with Gasteiger partial charge in [-0.2, -0.15) is 5.10 Å². The van der Waals surface area contributed by atoms with Crippen LogP contribution in [0.3, 0.4) is 0 Å². The SMILES string of the molecule is CCc1nc2c(cnn2CC)c(NC2CCOCC2)c1CNC(=O)c1ccc(N2CCOCC2)cc1. The van der Waals surface area contributed by atoms with E-state index in [0.717, 1.165) is 99.0 Å². The average molecular weight is 493 g/mol. The molecule has 0 radical (unpaired) electrons. The quantitative estimate of drug-likeness (QED) is 0.498. The van der Waals surface area contributed by atoms with Gasteiger partial charge in [-0.15, -0.1) is 0 Å². The van der Waals surface area contributed by atoms with Gasteiger partial charge in [-0.1, -0.05) is 6.92 Å². The topological polar surface area (TPSA) is 93.5 Å². The Kier molecular flexibility index (Phi) is 7.67. The first-order valence-electron chi connectivity index (χ1n) is 13.1. The maximum Gasteiger partial charge on any atom is 0.251 e. The molecule has 0 atom stereocenters. The van der Waals surface area contributed by atoms with Crippen LogP contribution in [0.1, 0.15) is 48.3 Å². The number of fused-ring (bicyclic) bond motifs is 1. The molecule has 2 fully saturated rings. The maximum absolute atomic E-state index is 13.1. The number of nitrogens with zero attached hydrogens (tertiary/aromatic N) is 4. The minimum Gasteiger partial charge on any atom is -0.381 e. The van der Waals surface area contributed by atoms with Crippen molar-refractivity contribution in [3.63, 3.8) is 0 Å². The number of anilines is 2. The number of carbonyl (C=O) groups is 1. The largest absolute Gasteiger partial charge is 0.381 e. The monoisotopic (exact) mass is 492 g/mol. The number of ether oxygens (including phenoxy) is 2. The fourth-order valence-corrected chi connectivity index (χ4v) is 5.02. The molecule has 9 heteroatoms. The first-order chi connectivity index (χ1) is 17.7. The van der Waals surface area contributed by atoms with Crippen LogP contribution in [-0.2, 0) is 29.0 Å². The zero-order valence-electron chi connectivity index (χ0n) is 21.3. The normalized spacial score (nSPS) is 16.9. The summed E-state index contributed by atoms with van der Waals surface area (Å²) < 4.78 is 12.9. The van der Waals surface area contributed by atoms with Gasteiger partial charge in [0.2, 0.25) is 0 Å². The van der Waals surface area contributed by atoms with Crippen LogP contribution >= 0.6 is 0 Å². The van der Waals surface area contributed by atoms with Crippen LogP contribution in [0.2, 0.25) is 0 Å². The number of aryl methyl sites for hydroxylation is 2. The molecule has 0 saturated carbocycles. The molecule has 1 amide bonds. The maximum atomic E-state index is 13.1. The third kappa shape index (κ3) is 5.17. The van der Waals surface area contributed by atoms with Crippen molar-refractivity contribution < 1.29 is 14.3 Å². The van der Waals surface area contributed by atoms with E-state index < -0.39 is 0 Å². The smallest absolute Gasteiger partial charge is 0.251 e. The van der Waals surface area contributed by atoms with E-state index in [1.54, 1.807) is 0 Å². The highest BCUT2D eigenvalue weighted by molar-refractivity contribution is 5.95. The molecule has 192 valence electrons. The number of hydrogen-bond donors (Lipinski definition) is 2. The number of aromatic nitrogens is 3. The van der Waals surface area contributed by atoms with Gasteiger partial charge in [0.05, 0.1) is 30.5 Å². The number of carbonyl (C=O) groups excluding carboxylic acids is 1. The number of pyridine rings is 1. The lowest BCUT2D eigenvalue weighted by Gasteiger charge is -2.28. The Labute approximate surface area is 212 Å². The molecule has 3 aromatic rings. The van der Waals surface area contributed by atoms with E-state index >= 15 is 0 Å². The minimum absolute atomic E-state index is 0.0908. The zero-order valence-corrected chi connectivity index (χ0v) is 21.3. The molecule has 2 N–H and O–H groups in total. The van der Waals surface area contributed by atoms with Crippen LogP contribution in [-0.4, -0.2) is 66.2 Å². The number of morpholine rings is 1. The number of amides is 1. The van der Waals surface area contributed by atoms with E-state index in [4.69, 9.17) is 14.5 Å². The lowest BCUT2D eigenvalue weighted by molar-refractivity contribution is 0.0904. The summed E-state index contributed by atoms with van der Waals surface area (Å²) in [5, 5.41) is 12.5. The summed E-state index contributed by atoms with van der Waals surface area (Å²) in [4.78, 5) is 20.3. The Morgan fingerprint density at radius 1 is 1.06 bits per heavy atom. The molecule has 1 aromatic carbocycles. The van der Waals surface area contributed by atoms with Gasteiger partial charge >= 0.3 is 0 Å². The van der Waals surface area contributed by atoms with Crippen LogP contribution in [0.5, 0.6) is 0 Å². The van der Waals surface area contributed by atoms with Crippen LogP contribution in [0.25, 0.3) is 11.0 Å². The van der Waals surface area contributed by atoms with E-state index in [1.165, 1.54) is 0 Å². The lowest BCUT2D eigenvalue weighted by atomic mass is 10.0. The van der Waals surface area contributed by atoms with Gasteiger partial charge in [-0.3, -0.25) is 4.79 Å². The second-order valence-electron chi connectivity index (χ2n) is 9.32. The van der Waals surface area contributed by atoms with E-state index in [-0.39, 0.29) is 5.91 Å². The Morgan fingerprint density at radius 3 is 2.47 bits per heavy atom. The predicted octanol–water partition coefficient (Wildman–Crippen LogP) is 3.37. The second-order valence-corrected chi connectivity index (χ2v) is 9.32. The molecule has 2 aliphatic rings. The first kappa shape index (κ1) is 24.5. The predicted molar refractivity (Wildman–Crippen MR) is 141 cm³/mol. The van der Waals surface area contributed by atoms with Crippen molar-refractivity contribution in [1.29, 1.82) is 0 Å². The molecule has 0 bridgehead atoms. The van der Waals surface area contributed by atoms with Gasteiger partial charge in [0.1, 0.15) is 0 Å². The summed E-state index contributed by atoms with van der Waals surface area (Å²) in [6, 6.07) is 8.15. The minimum atomic E-state index is -0.0908. The highest BCUT2D eigenvalue weighted by Gasteiger charge is 2.22. The Balaban J connectivity index is 1.38. The fraction of sp³-hybridized carbons (Fsp3) is 0.519. The number of benzene rings is 1. The summed E-state index contributed by atoms with van der Waals surface area (Å²) in [7, 11) is 0. The molecule has 9 nitrogen and oxygen atoms in total. The van der Waals surface area contributed by atoms with Gasteiger partial charge in [-0.25, -0.2) is 9.67 Å². The molecule has 5 rings (SSSR count). The molecule has 36 heavy (non-hydrogen) atoms. The van der Waals surface area contributed by atoms with Crippen molar-refractivity contribution in [2.45, 2.75) is 52.2 Å². The third-order valence-electron chi connectivity index (χ3n) is 7.11. The fourth-order valence-electron chi connectivity index (χ4n) is 5.02. The average Bonchev–Trinajstić information content (AvgIpc) is 3.36. The zero-order chi connectivity index (χ0) is 24.9.